The predicted molar refractivity (Wildman–Crippen MR) is 119 cm³/mol. The molecule has 6 heteroatoms. The van der Waals surface area contributed by atoms with E-state index in [2.05, 4.69) is 74.2 Å². The number of hydrogen-bond acceptors (Lipinski definition) is 6. The van der Waals surface area contributed by atoms with Gasteiger partial charge in [-0.1, -0.05) is 32.0 Å². The molecule has 29 heavy (non-hydrogen) atoms. The van der Waals surface area contributed by atoms with Gasteiger partial charge in [0.25, 0.3) is 0 Å². The summed E-state index contributed by atoms with van der Waals surface area (Å²) in [6, 6.07) is 16.6. The molecule has 0 radical (unpaired) electrons. The molecule has 3 heterocycles. The van der Waals surface area contributed by atoms with Gasteiger partial charge in [-0.3, -0.25) is 0 Å². The van der Waals surface area contributed by atoms with Crippen LogP contribution in [0.1, 0.15) is 31.2 Å². The highest BCUT2D eigenvalue weighted by atomic mass is 15.3. The SMILES string of the molecule is Cc1nc(Nc2ccc(C(C)C)cc2)cc(N2CCN(c3ccccn3)CC2)n1. The van der Waals surface area contributed by atoms with Crippen molar-refractivity contribution in [2.75, 3.05) is 41.3 Å². The predicted octanol–water partition coefficient (Wildman–Crippen LogP) is 4.37. The zero-order chi connectivity index (χ0) is 20.2. The summed E-state index contributed by atoms with van der Waals surface area (Å²) in [7, 11) is 0. The van der Waals surface area contributed by atoms with Crippen molar-refractivity contribution in [3.8, 4) is 0 Å². The van der Waals surface area contributed by atoms with E-state index < -0.39 is 0 Å². The lowest BCUT2D eigenvalue weighted by Crippen LogP contribution is -2.47. The van der Waals surface area contributed by atoms with Gasteiger partial charge in [0.2, 0.25) is 0 Å². The molecule has 0 saturated carbocycles. The highest BCUT2D eigenvalue weighted by molar-refractivity contribution is 5.60. The first-order valence-electron chi connectivity index (χ1n) is 10.2. The van der Waals surface area contributed by atoms with Crippen molar-refractivity contribution in [2.24, 2.45) is 0 Å². The van der Waals surface area contributed by atoms with E-state index in [4.69, 9.17) is 0 Å². The topological polar surface area (TPSA) is 57.2 Å². The van der Waals surface area contributed by atoms with Gasteiger partial charge in [-0.15, -0.1) is 0 Å². The van der Waals surface area contributed by atoms with Crippen molar-refractivity contribution in [1.82, 2.24) is 15.0 Å². The molecule has 0 aliphatic carbocycles. The summed E-state index contributed by atoms with van der Waals surface area (Å²) in [6.45, 7) is 10.0. The van der Waals surface area contributed by atoms with Crippen LogP contribution in [0.25, 0.3) is 0 Å². The Balaban J connectivity index is 1.44. The Bertz CT molecular complexity index is 931. The lowest BCUT2D eigenvalue weighted by atomic mass is 10.0. The molecule has 1 aliphatic heterocycles. The number of rotatable bonds is 5. The minimum absolute atomic E-state index is 0.529. The van der Waals surface area contributed by atoms with Gasteiger partial charge >= 0.3 is 0 Å². The van der Waals surface area contributed by atoms with E-state index in [1.165, 1.54) is 5.56 Å². The monoisotopic (exact) mass is 388 g/mol. The zero-order valence-electron chi connectivity index (χ0n) is 17.3. The van der Waals surface area contributed by atoms with Crippen LogP contribution < -0.4 is 15.1 Å². The highest BCUT2D eigenvalue weighted by Gasteiger charge is 2.19. The first-order chi connectivity index (χ1) is 14.1. The molecule has 0 amide bonds. The Morgan fingerprint density at radius 2 is 1.55 bits per heavy atom. The normalized spacial score (nSPS) is 14.3. The second kappa shape index (κ2) is 8.47. The molecule has 1 N–H and O–H groups in total. The molecule has 0 unspecified atom stereocenters. The van der Waals surface area contributed by atoms with E-state index in [1.54, 1.807) is 0 Å². The van der Waals surface area contributed by atoms with Crippen LogP contribution in [0, 0.1) is 6.92 Å². The van der Waals surface area contributed by atoms with E-state index >= 15 is 0 Å². The van der Waals surface area contributed by atoms with E-state index in [9.17, 15) is 0 Å². The van der Waals surface area contributed by atoms with Crippen molar-refractivity contribution in [3.05, 3.63) is 66.1 Å². The van der Waals surface area contributed by atoms with E-state index in [0.29, 0.717) is 5.92 Å². The van der Waals surface area contributed by atoms with Gasteiger partial charge in [-0.05, 0) is 42.7 Å². The smallest absolute Gasteiger partial charge is 0.136 e. The van der Waals surface area contributed by atoms with Gasteiger partial charge in [0.1, 0.15) is 23.3 Å². The number of piperazine rings is 1. The molecular weight excluding hydrogens is 360 g/mol. The quantitative estimate of drug-likeness (QED) is 0.700. The van der Waals surface area contributed by atoms with Crippen molar-refractivity contribution in [1.29, 1.82) is 0 Å². The Hall–Kier alpha value is -3.15. The molecular formula is C23H28N6. The average Bonchev–Trinajstić information content (AvgIpc) is 2.74. The van der Waals surface area contributed by atoms with Crippen LogP contribution in [0.3, 0.4) is 0 Å². The highest BCUT2D eigenvalue weighted by Crippen LogP contribution is 2.23. The molecule has 1 aromatic carbocycles. The largest absolute Gasteiger partial charge is 0.353 e. The molecule has 0 spiro atoms. The third kappa shape index (κ3) is 4.65. The van der Waals surface area contributed by atoms with Crippen molar-refractivity contribution >= 4 is 23.1 Å². The van der Waals surface area contributed by atoms with Gasteiger partial charge in [0.15, 0.2) is 0 Å². The number of pyridine rings is 1. The number of nitrogens with one attached hydrogen (secondary N) is 1. The summed E-state index contributed by atoms with van der Waals surface area (Å²) >= 11 is 0. The lowest BCUT2D eigenvalue weighted by molar-refractivity contribution is 0.640. The van der Waals surface area contributed by atoms with E-state index in [-0.39, 0.29) is 0 Å². The third-order valence-corrected chi connectivity index (χ3v) is 5.25. The van der Waals surface area contributed by atoms with Crippen molar-refractivity contribution in [3.63, 3.8) is 0 Å². The second-order valence-electron chi connectivity index (χ2n) is 7.72. The van der Waals surface area contributed by atoms with Crippen molar-refractivity contribution < 1.29 is 0 Å². The number of aromatic nitrogens is 3. The average molecular weight is 389 g/mol. The molecule has 6 nitrogen and oxygen atoms in total. The van der Waals surface area contributed by atoms with Crippen LogP contribution >= 0.6 is 0 Å². The van der Waals surface area contributed by atoms with Gasteiger partial charge < -0.3 is 15.1 Å². The summed E-state index contributed by atoms with van der Waals surface area (Å²) in [6.07, 6.45) is 1.85. The van der Waals surface area contributed by atoms with Crippen LogP contribution in [-0.4, -0.2) is 41.1 Å². The maximum atomic E-state index is 4.67. The molecule has 1 aliphatic rings. The minimum Gasteiger partial charge on any atom is -0.353 e. The fourth-order valence-corrected chi connectivity index (χ4v) is 3.58. The Morgan fingerprint density at radius 3 is 2.17 bits per heavy atom. The maximum absolute atomic E-state index is 4.67. The summed E-state index contributed by atoms with van der Waals surface area (Å²) in [5.74, 6) is 4.15. The number of nitrogens with zero attached hydrogens (tertiary/aromatic N) is 5. The molecule has 3 aromatic rings. The van der Waals surface area contributed by atoms with Crippen LogP contribution in [-0.2, 0) is 0 Å². The number of aryl methyl sites for hydroxylation is 1. The zero-order valence-corrected chi connectivity index (χ0v) is 17.3. The standard InChI is InChI=1S/C23H28N6/c1-17(2)19-7-9-20(10-8-19)27-21-16-23(26-18(3)25-21)29-14-12-28(13-15-29)22-6-4-5-11-24-22/h4-11,16-17H,12-15H2,1-3H3,(H,25,26,27). The van der Waals surface area contributed by atoms with E-state index in [1.807, 2.05) is 31.3 Å². The van der Waals surface area contributed by atoms with Gasteiger partial charge in [-0.2, -0.15) is 0 Å². The summed E-state index contributed by atoms with van der Waals surface area (Å²) in [5, 5.41) is 3.43. The second-order valence-corrected chi connectivity index (χ2v) is 7.72. The van der Waals surface area contributed by atoms with Crippen LogP contribution in [0.15, 0.2) is 54.7 Å². The molecule has 0 bridgehead atoms. The van der Waals surface area contributed by atoms with Gasteiger partial charge in [-0.25, -0.2) is 15.0 Å². The maximum Gasteiger partial charge on any atom is 0.136 e. The number of hydrogen-bond donors (Lipinski definition) is 1. The lowest BCUT2D eigenvalue weighted by Gasteiger charge is -2.36. The van der Waals surface area contributed by atoms with Crippen LogP contribution in [0.5, 0.6) is 0 Å². The summed E-state index contributed by atoms with van der Waals surface area (Å²) in [5.41, 5.74) is 2.37. The van der Waals surface area contributed by atoms with Crippen LogP contribution in [0.2, 0.25) is 0 Å². The summed E-state index contributed by atoms with van der Waals surface area (Å²) in [4.78, 5) is 18.4. The van der Waals surface area contributed by atoms with Gasteiger partial charge in [0.05, 0.1) is 0 Å². The van der Waals surface area contributed by atoms with E-state index in [0.717, 1.165) is 55.1 Å². The fraction of sp³-hybridized carbons (Fsp3) is 0.348. The first kappa shape index (κ1) is 19.2. The Kier molecular flexibility index (Phi) is 5.60. The van der Waals surface area contributed by atoms with Crippen molar-refractivity contribution in [2.45, 2.75) is 26.7 Å². The van der Waals surface area contributed by atoms with Crippen LogP contribution in [0.4, 0.5) is 23.1 Å². The molecule has 0 atom stereocenters. The number of benzene rings is 1. The summed E-state index contributed by atoms with van der Waals surface area (Å²) < 4.78 is 0. The molecule has 2 aromatic heterocycles. The molecule has 1 fully saturated rings. The van der Waals surface area contributed by atoms with Gasteiger partial charge in [0, 0.05) is 44.1 Å². The molecule has 4 rings (SSSR count). The third-order valence-electron chi connectivity index (χ3n) is 5.25. The minimum atomic E-state index is 0.529. The first-order valence-corrected chi connectivity index (χ1v) is 10.2. The molecule has 1 saturated heterocycles. The Morgan fingerprint density at radius 1 is 0.862 bits per heavy atom. The Labute approximate surface area is 172 Å². The fourth-order valence-electron chi connectivity index (χ4n) is 3.58. The molecule has 150 valence electrons. The number of anilines is 4.